The van der Waals surface area contributed by atoms with Crippen LogP contribution in [0.5, 0.6) is 0 Å². The molecule has 0 radical (unpaired) electrons. The van der Waals surface area contributed by atoms with Crippen LogP contribution in [0.25, 0.3) is 0 Å². The van der Waals surface area contributed by atoms with Crippen molar-refractivity contribution in [2.45, 2.75) is 5.03 Å². The average Bonchev–Trinajstić information content (AvgIpc) is 2.63. The van der Waals surface area contributed by atoms with Gasteiger partial charge in [-0.25, -0.2) is 0 Å². The zero-order valence-corrected chi connectivity index (χ0v) is 12.1. The van der Waals surface area contributed by atoms with Crippen molar-refractivity contribution in [3.63, 3.8) is 0 Å². The summed E-state index contributed by atoms with van der Waals surface area (Å²) in [7, 11) is -2.40. The number of hydrogen-bond donors (Lipinski definition) is 2. The van der Waals surface area contributed by atoms with E-state index in [9.17, 15) is 8.42 Å². The van der Waals surface area contributed by atoms with Crippen LogP contribution in [-0.4, -0.2) is 18.2 Å². The highest BCUT2D eigenvalue weighted by atomic mass is 35.5. The summed E-state index contributed by atoms with van der Waals surface area (Å²) >= 11 is 11.7. The molecule has 2 aromatic rings. The summed E-state index contributed by atoms with van der Waals surface area (Å²) in [5.74, 6) is 0. The smallest absolute Gasteiger partial charge is 0.280 e. The predicted molar refractivity (Wildman–Crippen MR) is 74.9 cm³/mol. The second-order valence-corrected chi connectivity index (χ2v) is 6.18. The van der Waals surface area contributed by atoms with Gasteiger partial charge in [0.2, 0.25) is 0 Å². The van der Waals surface area contributed by atoms with Crippen molar-refractivity contribution in [3.8, 4) is 0 Å². The first-order valence-corrected chi connectivity index (χ1v) is 7.30. The maximum absolute atomic E-state index is 12.2. The van der Waals surface area contributed by atoms with Gasteiger partial charge >= 0.3 is 0 Å². The van der Waals surface area contributed by atoms with Crippen LogP contribution in [0.15, 0.2) is 29.4 Å². The number of aryl methyl sites for hydroxylation is 1. The van der Waals surface area contributed by atoms with Gasteiger partial charge in [0.15, 0.2) is 5.03 Å². The first kappa shape index (κ1) is 14.0. The summed E-state index contributed by atoms with van der Waals surface area (Å²) in [5, 5.41) is 3.86. The Morgan fingerprint density at radius 2 is 2.00 bits per heavy atom. The number of benzene rings is 1. The molecule has 102 valence electrons. The quantitative estimate of drug-likeness (QED) is 0.847. The predicted octanol–water partition coefficient (Wildman–Crippen LogP) is 2.11. The van der Waals surface area contributed by atoms with Crippen LogP contribution < -0.4 is 10.5 Å². The molecular weight excluding hydrogens is 311 g/mol. The second kappa shape index (κ2) is 4.92. The van der Waals surface area contributed by atoms with Gasteiger partial charge in [-0.05, 0) is 18.2 Å². The van der Waals surface area contributed by atoms with Crippen LogP contribution in [0.1, 0.15) is 0 Å². The lowest BCUT2D eigenvalue weighted by molar-refractivity contribution is 0.582. The van der Waals surface area contributed by atoms with Crippen LogP contribution in [0, 0.1) is 0 Å². The molecule has 9 heteroatoms. The minimum atomic E-state index is -3.87. The van der Waals surface area contributed by atoms with Crippen LogP contribution in [0.2, 0.25) is 10.0 Å². The number of halogens is 2. The number of anilines is 2. The first-order valence-electron chi connectivity index (χ1n) is 5.06. The molecule has 0 saturated heterocycles. The third-order valence-electron chi connectivity index (χ3n) is 2.33. The summed E-state index contributed by atoms with van der Waals surface area (Å²) in [6, 6.07) is 4.46. The van der Waals surface area contributed by atoms with Crippen molar-refractivity contribution in [2.24, 2.45) is 7.05 Å². The van der Waals surface area contributed by atoms with E-state index in [0.717, 1.165) is 4.68 Å². The van der Waals surface area contributed by atoms with E-state index in [0.29, 0.717) is 5.69 Å². The number of sulfonamides is 1. The highest BCUT2D eigenvalue weighted by Crippen LogP contribution is 2.28. The number of nitrogens with one attached hydrogen (secondary N) is 1. The molecule has 2 rings (SSSR count). The zero-order valence-electron chi connectivity index (χ0n) is 9.76. The number of nitrogens with zero attached hydrogens (tertiary/aromatic N) is 2. The molecule has 0 aliphatic rings. The van der Waals surface area contributed by atoms with E-state index in [1.54, 1.807) is 0 Å². The summed E-state index contributed by atoms with van der Waals surface area (Å²) in [6.45, 7) is 0. The van der Waals surface area contributed by atoms with Crippen molar-refractivity contribution in [1.29, 1.82) is 0 Å². The van der Waals surface area contributed by atoms with E-state index in [2.05, 4.69) is 9.82 Å². The highest BCUT2D eigenvalue weighted by molar-refractivity contribution is 7.92. The SMILES string of the molecule is Cn1ncc(Cl)c1S(=O)(=O)Nc1ccc(N)cc1Cl. The van der Waals surface area contributed by atoms with E-state index in [-0.39, 0.29) is 20.8 Å². The van der Waals surface area contributed by atoms with E-state index >= 15 is 0 Å². The summed E-state index contributed by atoms with van der Waals surface area (Å²) < 4.78 is 27.9. The highest BCUT2D eigenvalue weighted by Gasteiger charge is 2.23. The van der Waals surface area contributed by atoms with Gasteiger partial charge in [0.1, 0.15) is 0 Å². The van der Waals surface area contributed by atoms with Gasteiger partial charge in [0.25, 0.3) is 10.0 Å². The molecule has 0 spiro atoms. The van der Waals surface area contributed by atoms with Crippen LogP contribution in [0.3, 0.4) is 0 Å². The number of rotatable bonds is 3. The molecule has 0 amide bonds. The lowest BCUT2D eigenvalue weighted by atomic mass is 10.3. The van der Waals surface area contributed by atoms with Crippen LogP contribution in [0.4, 0.5) is 11.4 Å². The fourth-order valence-corrected chi connectivity index (χ4v) is 3.54. The molecule has 0 aliphatic heterocycles. The van der Waals surface area contributed by atoms with Gasteiger partial charge in [0, 0.05) is 12.7 Å². The molecule has 1 heterocycles. The van der Waals surface area contributed by atoms with Crippen LogP contribution in [-0.2, 0) is 17.1 Å². The van der Waals surface area contributed by atoms with Gasteiger partial charge in [-0.2, -0.15) is 13.5 Å². The van der Waals surface area contributed by atoms with Gasteiger partial charge in [0.05, 0.1) is 21.9 Å². The number of hydrogen-bond acceptors (Lipinski definition) is 4. The van der Waals surface area contributed by atoms with Crippen molar-refractivity contribution in [2.75, 3.05) is 10.5 Å². The fourth-order valence-electron chi connectivity index (χ4n) is 1.51. The maximum Gasteiger partial charge on any atom is 0.280 e. The van der Waals surface area contributed by atoms with Crippen molar-refractivity contribution >= 4 is 44.6 Å². The zero-order chi connectivity index (χ0) is 14.2. The van der Waals surface area contributed by atoms with E-state index in [4.69, 9.17) is 28.9 Å². The topological polar surface area (TPSA) is 90.0 Å². The fraction of sp³-hybridized carbons (Fsp3) is 0.100. The van der Waals surface area contributed by atoms with Crippen molar-refractivity contribution in [3.05, 3.63) is 34.4 Å². The number of aromatic nitrogens is 2. The molecule has 6 nitrogen and oxygen atoms in total. The first-order chi connectivity index (χ1) is 8.81. The Hall–Kier alpha value is -1.44. The van der Waals surface area contributed by atoms with Gasteiger partial charge in [-0.3, -0.25) is 9.40 Å². The van der Waals surface area contributed by atoms with Crippen molar-refractivity contribution in [1.82, 2.24) is 9.78 Å². The molecule has 19 heavy (non-hydrogen) atoms. The summed E-state index contributed by atoms with van der Waals surface area (Å²) in [6.07, 6.45) is 1.25. The van der Waals surface area contributed by atoms with Gasteiger partial charge in [-0.15, -0.1) is 0 Å². The molecule has 1 aromatic heterocycles. The lowest BCUT2D eigenvalue weighted by Gasteiger charge is -2.10. The molecule has 0 bridgehead atoms. The Morgan fingerprint density at radius 1 is 1.32 bits per heavy atom. The molecule has 0 aliphatic carbocycles. The molecule has 1 aromatic carbocycles. The largest absolute Gasteiger partial charge is 0.399 e. The molecule has 0 atom stereocenters. The molecule has 3 N–H and O–H groups in total. The average molecular weight is 321 g/mol. The van der Waals surface area contributed by atoms with Gasteiger partial charge < -0.3 is 5.73 Å². The van der Waals surface area contributed by atoms with Gasteiger partial charge in [-0.1, -0.05) is 23.2 Å². The second-order valence-electron chi connectivity index (χ2n) is 3.77. The third-order valence-corrected chi connectivity index (χ3v) is 4.52. The minimum Gasteiger partial charge on any atom is -0.399 e. The van der Waals surface area contributed by atoms with Crippen LogP contribution >= 0.6 is 23.2 Å². The normalized spacial score (nSPS) is 11.5. The molecule has 0 unspecified atom stereocenters. The number of nitrogens with two attached hydrogens (primary N) is 1. The monoisotopic (exact) mass is 320 g/mol. The summed E-state index contributed by atoms with van der Waals surface area (Å²) in [4.78, 5) is 0. The standard InChI is InChI=1S/C10H10Cl2N4O2S/c1-16-10(8(12)5-14-16)19(17,18)15-9-3-2-6(13)4-7(9)11/h2-5,15H,13H2,1H3. The van der Waals surface area contributed by atoms with Crippen molar-refractivity contribution < 1.29 is 8.42 Å². The maximum atomic E-state index is 12.2. The Kier molecular flexibility index (Phi) is 3.62. The summed E-state index contributed by atoms with van der Waals surface area (Å²) in [5.41, 5.74) is 6.19. The van der Waals surface area contributed by atoms with E-state index in [1.165, 1.54) is 31.4 Å². The lowest BCUT2D eigenvalue weighted by Crippen LogP contribution is -2.17. The van der Waals surface area contributed by atoms with E-state index < -0.39 is 10.0 Å². The van der Waals surface area contributed by atoms with E-state index in [1.807, 2.05) is 0 Å². The third kappa shape index (κ3) is 2.78. The Morgan fingerprint density at radius 3 is 2.53 bits per heavy atom. The Bertz CT molecular complexity index is 708. The number of nitrogen functional groups attached to an aromatic ring is 1. The minimum absolute atomic E-state index is 0.0292. The Balaban J connectivity index is 2.42. The molecule has 0 fully saturated rings. The Labute approximate surface area is 120 Å². The molecule has 0 saturated carbocycles. The molecular formula is C10H10Cl2N4O2S.